The van der Waals surface area contributed by atoms with Gasteiger partial charge in [-0.05, 0) is 48.9 Å². The number of hydrogen-bond donors (Lipinski definition) is 1. The monoisotopic (exact) mass is 247 g/mol. The number of tetrazole rings is 1. The standard InChI is InChI=1S/C12H14FN5/c13-10-3-5-11(6-4-10)18-16-12(15-17-18)9-2-1-7-14-8-9/h3-6,9,14H,1-2,7-8H2. The van der Waals surface area contributed by atoms with E-state index in [-0.39, 0.29) is 5.82 Å². The molecule has 1 fully saturated rings. The molecule has 0 bridgehead atoms. The third-order valence-corrected chi connectivity index (χ3v) is 3.15. The first-order valence-corrected chi connectivity index (χ1v) is 6.09. The maximum absolute atomic E-state index is 12.8. The molecule has 1 atom stereocenters. The van der Waals surface area contributed by atoms with E-state index in [1.165, 1.54) is 16.9 Å². The average molecular weight is 247 g/mol. The number of hydrogen-bond acceptors (Lipinski definition) is 4. The first kappa shape index (κ1) is 11.3. The number of aromatic nitrogens is 4. The molecule has 2 aromatic rings. The summed E-state index contributed by atoms with van der Waals surface area (Å²) in [6.07, 6.45) is 2.22. The Morgan fingerprint density at radius 1 is 1.28 bits per heavy atom. The average Bonchev–Trinajstić information content (AvgIpc) is 2.90. The predicted molar refractivity (Wildman–Crippen MR) is 64.0 cm³/mol. The molecule has 0 amide bonds. The van der Waals surface area contributed by atoms with Gasteiger partial charge in [0.15, 0.2) is 5.82 Å². The molecule has 18 heavy (non-hydrogen) atoms. The van der Waals surface area contributed by atoms with E-state index in [0.717, 1.165) is 37.4 Å². The van der Waals surface area contributed by atoms with Crippen molar-refractivity contribution in [3.8, 4) is 5.69 Å². The van der Waals surface area contributed by atoms with E-state index in [1.807, 2.05) is 0 Å². The smallest absolute Gasteiger partial charge is 0.179 e. The molecule has 94 valence electrons. The molecule has 5 nitrogen and oxygen atoms in total. The maximum atomic E-state index is 12.8. The number of nitrogens with one attached hydrogen (secondary N) is 1. The fourth-order valence-corrected chi connectivity index (χ4v) is 2.14. The first-order valence-electron chi connectivity index (χ1n) is 6.09. The fourth-order valence-electron chi connectivity index (χ4n) is 2.14. The zero-order valence-corrected chi connectivity index (χ0v) is 9.88. The number of rotatable bonds is 2. The molecule has 0 aliphatic carbocycles. The maximum Gasteiger partial charge on any atom is 0.179 e. The summed E-state index contributed by atoms with van der Waals surface area (Å²) in [5.41, 5.74) is 0.721. The molecule has 1 N–H and O–H groups in total. The minimum Gasteiger partial charge on any atom is -0.316 e. The highest BCUT2D eigenvalue weighted by atomic mass is 19.1. The van der Waals surface area contributed by atoms with Gasteiger partial charge in [-0.15, -0.1) is 15.0 Å². The zero-order valence-electron chi connectivity index (χ0n) is 9.88. The van der Waals surface area contributed by atoms with Crippen LogP contribution in [0.2, 0.25) is 0 Å². The lowest BCUT2D eigenvalue weighted by Gasteiger charge is -2.19. The summed E-state index contributed by atoms with van der Waals surface area (Å²) >= 11 is 0. The van der Waals surface area contributed by atoms with Crippen molar-refractivity contribution >= 4 is 0 Å². The summed E-state index contributed by atoms with van der Waals surface area (Å²) in [7, 11) is 0. The van der Waals surface area contributed by atoms with Gasteiger partial charge in [0.25, 0.3) is 0 Å². The van der Waals surface area contributed by atoms with Crippen LogP contribution >= 0.6 is 0 Å². The first-order chi connectivity index (χ1) is 8.83. The Hall–Kier alpha value is -1.82. The molecule has 1 aliphatic rings. The van der Waals surface area contributed by atoms with Crippen molar-refractivity contribution in [2.45, 2.75) is 18.8 Å². The third kappa shape index (κ3) is 2.24. The third-order valence-electron chi connectivity index (χ3n) is 3.15. The van der Waals surface area contributed by atoms with Crippen molar-refractivity contribution in [1.82, 2.24) is 25.5 Å². The number of nitrogens with zero attached hydrogens (tertiary/aromatic N) is 4. The topological polar surface area (TPSA) is 55.6 Å². The number of benzene rings is 1. The van der Waals surface area contributed by atoms with Crippen molar-refractivity contribution in [1.29, 1.82) is 0 Å². The summed E-state index contributed by atoms with van der Waals surface area (Å²) in [6, 6.07) is 6.06. The molecule has 1 unspecified atom stereocenters. The molecule has 6 heteroatoms. The Labute approximate surface area is 104 Å². The molecule has 0 spiro atoms. The van der Waals surface area contributed by atoms with E-state index in [4.69, 9.17) is 0 Å². The molecule has 2 heterocycles. The van der Waals surface area contributed by atoms with Crippen LogP contribution in [-0.2, 0) is 0 Å². The summed E-state index contributed by atoms with van der Waals surface area (Å²) in [5, 5.41) is 15.8. The fraction of sp³-hybridized carbons (Fsp3) is 0.417. The Bertz CT molecular complexity index is 516. The second-order valence-corrected chi connectivity index (χ2v) is 4.46. The Morgan fingerprint density at radius 3 is 2.83 bits per heavy atom. The molecular weight excluding hydrogens is 233 g/mol. The van der Waals surface area contributed by atoms with E-state index in [0.29, 0.717) is 5.92 Å². The highest BCUT2D eigenvalue weighted by Gasteiger charge is 2.20. The van der Waals surface area contributed by atoms with E-state index in [1.54, 1.807) is 12.1 Å². The van der Waals surface area contributed by atoms with Crippen molar-refractivity contribution in [3.05, 3.63) is 35.9 Å². The molecular formula is C12H14FN5. The van der Waals surface area contributed by atoms with Crippen LogP contribution in [0.1, 0.15) is 24.6 Å². The highest BCUT2D eigenvalue weighted by molar-refractivity contribution is 5.28. The van der Waals surface area contributed by atoms with Crippen molar-refractivity contribution in [2.75, 3.05) is 13.1 Å². The van der Waals surface area contributed by atoms with Gasteiger partial charge in [0, 0.05) is 12.5 Å². The van der Waals surface area contributed by atoms with Gasteiger partial charge in [-0.1, -0.05) is 0 Å². The lowest BCUT2D eigenvalue weighted by Crippen LogP contribution is -2.29. The lowest BCUT2D eigenvalue weighted by molar-refractivity contribution is 0.446. The van der Waals surface area contributed by atoms with E-state index < -0.39 is 0 Å². The van der Waals surface area contributed by atoms with Gasteiger partial charge in [0.2, 0.25) is 0 Å². The molecule has 1 aliphatic heterocycles. The van der Waals surface area contributed by atoms with Crippen LogP contribution in [0.4, 0.5) is 4.39 Å². The summed E-state index contributed by atoms with van der Waals surface area (Å²) in [4.78, 5) is 1.45. The molecule has 1 aromatic carbocycles. The van der Waals surface area contributed by atoms with Crippen molar-refractivity contribution in [2.24, 2.45) is 0 Å². The molecule has 0 radical (unpaired) electrons. The van der Waals surface area contributed by atoms with Gasteiger partial charge in [0.1, 0.15) is 5.82 Å². The van der Waals surface area contributed by atoms with Gasteiger partial charge in [-0.25, -0.2) is 4.39 Å². The Morgan fingerprint density at radius 2 is 2.11 bits per heavy atom. The molecule has 0 saturated carbocycles. The van der Waals surface area contributed by atoms with Crippen molar-refractivity contribution < 1.29 is 4.39 Å². The van der Waals surface area contributed by atoms with Gasteiger partial charge in [0.05, 0.1) is 5.69 Å². The molecule has 1 aromatic heterocycles. The van der Waals surface area contributed by atoms with Crippen LogP contribution in [0.3, 0.4) is 0 Å². The Balaban J connectivity index is 1.82. The molecule has 1 saturated heterocycles. The van der Waals surface area contributed by atoms with E-state index in [2.05, 4.69) is 20.7 Å². The zero-order chi connectivity index (χ0) is 12.4. The van der Waals surface area contributed by atoms with Crippen LogP contribution in [0.5, 0.6) is 0 Å². The van der Waals surface area contributed by atoms with Crippen LogP contribution in [-0.4, -0.2) is 33.3 Å². The number of halogens is 1. The predicted octanol–water partition coefficient (Wildman–Crippen LogP) is 1.27. The normalized spacial score (nSPS) is 19.9. The van der Waals surface area contributed by atoms with Gasteiger partial charge < -0.3 is 5.32 Å². The van der Waals surface area contributed by atoms with Gasteiger partial charge in [-0.3, -0.25) is 0 Å². The van der Waals surface area contributed by atoms with E-state index in [9.17, 15) is 4.39 Å². The highest BCUT2D eigenvalue weighted by Crippen LogP contribution is 2.19. The second kappa shape index (κ2) is 4.81. The number of piperidine rings is 1. The summed E-state index contributed by atoms with van der Waals surface area (Å²) in [6.45, 7) is 1.96. The van der Waals surface area contributed by atoms with Crippen LogP contribution in [0, 0.1) is 5.82 Å². The Kier molecular flexibility index (Phi) is 3.02. The quantitative estimate of drug-likeness (QED) is 0.868. The van der Waals surface area contributed by atoms with Gasteiger partial charge >= 0.3 is 0 Å². The van der Waals surface area contributed by atoms with Gasteiger partial charge in [-0.2, -0.15) is 0 Å². The summed E-state index contributed by atoms with van der Waals surface area (Å²) in [5.74, 6) is 0.815. The summed E-state index contributed by atoms with van der Waals surface area (Å²) < 4.78 is 12.8. The van der Waals surface area contributed by atoms with Crippen LogP contribution in [0.15, 0.2) is 24.3 Å². The SMILES string of the molecule is Fc1ccc(-n2nnc(C3CCCNC3)n2)cc1. The lowest BCUT2D eigenvalue weighted by atomic mass is 9.99. The van der Waals surface area contributed by atoms with Crippen LogP contribution in [0.25, 0.3) is 5.69 Å². The van der Waals surface area contributed by atoms with Crippen molar-refractivity contribution in [3.63, 3.8) is 0 Å². The van der Waals surface area contributed by atoms with E-state index >= 15 is 0 Å². The minimum atomic E-state index is -0.268. The second-order valence-electron chi connectivity index (χ2n) is 4.46. The molecule has 3 rings (SSSR count). The minimum absolute atomic E-state index is 0.268. The van der Waals surface area contributed by atoms with Crippen LogP contribution < -0.4 is 5.32 Å². The largest absolute Gasteiger partial charge is 0.316 e.